The van der Waals surface area contributed by atoms with Crippen molar-refractivity contribution in [1.82, 2.24) is 25.2 Å². The van der Waals surface area contributed by atoms with E-state index in [0.29, 0.717) is 13.0 Å². The summed E-state index contributed by atoms with van der Waals surface area (Å²) in [7, 11) is -1.35. The monoisotopic (exact) mass is 315 g/mol. The second kappa shape index (κ2) is 6.52. The van der Waals surface area contributed by atoms with Gasteiger partial charge in [-0.25, -0.2) is 13.1 Å². The van der Waals surface area contributed by atoms with Crippen LogP contribution in [0.2, 0.25) is 0 Å². The number of sulfone groups is 1. The molecule has 1 aromatic rings. The molecule has 0 aromatic carbocycles. The van der Waals surface area contributed by atoms with Crippen molar-refractivity contribution in [3.8, 4) is 0 Å². The maximum atomic E-state index is 12.2. The van der Waals surface area contributed by atoms with Gasteiger partial charge in [-0.05, 0) is 13.0 Å². The standard InChI is InChI=1S/C12H21N5O3S/c1-3-13-6-10-7-17(15-14-10)8-12(18)16(2)11-4-5-21(19,20)9-11/h7,11,13H,3-6,8-9H2,1-2H3. The average Bonchev–Trinajstić information content (AvgIpc) is 3.02. The fraction of sp³-hybridized carbons (Fsp3) is 0.750. The van der Waals surface area contributed by atoms with Gasteiger partial charge in [0, 0.05) is 19.6 Å². The highest BCUT2D eigenvalue weighted by Crippen LogP contribution is 2.16. The van der Waals surface area contributed by atoms with E-state index in [0.717, 1.165) is 12.2 Å². The predicted octanol–water partition coefficient (Wildman–Crippen LogP) is -0.967. The van der Waals surface area contributed by atoms with Gasteiger partial charge in [0.2, 0.25) is 5.91 Å². The Hall–Kier alpha value is -1.48. The van der Waals surface area contributed by atoms with E-state index in [1.165, 1.54) is 9.58 Å². The Kier molecular flexibility index (Phi) is 4.94. The molecule has 8 nitrogen and oxygen atoms in total. The van der Waals surface area contributed by atoms with Gasteiger partial charge in [-0.1, -0.05) is 12.1 Å². The highest BCUT2D eigenvalue weighted by Gasteiger charge is 2.32. The normalized spacial score (nSPS) is 20.6. The van der Waals surface area contributed by atoms with Crippen LogP contribution in [0.5, 0.6) is 0 Å². The zero-order chi connectivity index (χ0) is 15.5. The SMILES string of the molecule is CCNCc1cn(CC(=O)N(C)C2CCS(=O)(=O)C2)nn1. The first kappa shape index (κ1) is 15.9. The third kappa shape index (κ3) is 4.24. The molecular formula is C12H21N5O3S. The first-order valence-electron chi connectivity index (χ1n) is 6.97. The molecule has 118 valence electrons. The van der Waals surface area contributed by atoms with E-state index < -0.39 is 9.84 Å². The largest absolute Gasteiger partial charge is 0.340 e. The topological polar surface area (TPSA) is 97.2 Å². The van der Waals surface area contributed by atoms with Crippen LogP contribution in [0.1, 0.15) is 19.0 Å². The lowest BCUT2D eigenvalue weighted by atomic mass is 10.2. The second-order valence-corrected chi connectivity index (χ2v) is 7.48. The summed E-state index contributed by atoms with van der Waals surface area (Å²) in [6.45, 7) is 3.52. The molecule has 1 aliphatic heterocycles. The fourth-order valence-electron chi connectivity index (χ4n) is 2.28. The number of amides is 1. The zero-order valence-electron chi connectivity index (χ0n) is 12.3. The molecule has 1 atom stereocenters. The third-order valence-corrected chi connectivity index (χ3v) is 5.34. The quantitative estimate of drug-likeness (QED) is 0.726. The van der Waals surface area contributed by atoms with Gasteiger partial charge >= 0.3 is 0 Å². The molecule has 9 heteroatoms. The highest BCUT2D eigenvalue weighted by atomic mass is 32.2. The summed E-state index contributed by atoms with van der Waals surface area (Å²) in [4.78, 5) is 13.7. The minimum absolute atomic E-state index is 0.0538. The summed E-state index contributed by atoms with van der Waals surface area (Å²) in [6, 6.07) is -0.229. The molecule has 1 amide bonds. The Morgan fingerprint density at radius 1 is 1.57 bits per heavy atom. The fourth-order valence-corrected chi connectivity index (χ4v) is 4.06. The van der Waals surface area contributed by atoms with Crippen molar-refractivity contribution in [3.05, 3.63) is 11.9 Å². The summed E-state index contributed by atoms with van der Waals surface area (Å²) >= 11 is 0. The summed E-state index contributed by atoms with van der Waals surface area (Å²) in [5.74, 6) is 0.0565. The number of hydrogen-bond acceptors (Lipinski definition) is 6. The maximum absolute atomic E-state index is 12.2. The van der Waals surface area contributed by atoms with E-state index in [-0.39, 0.29) is 30.0 Å². The number of carbonyl (C=O) groups excluding carboxylic acids is 1. The molecular weight excluding hydrogens is 294 g/mol. The second-order valence-electron chi connectivity index (χ2n) is 5.25. The number of hydrogen-bond donors (Lipinski definition) is 1. The first-order chi connectivity index (χ1) is 9.91. The lowest BCUT2D eigenvalue weighted by Crippen LogP contribution is -2.39. The van der Waals surface area contributed by atoms with Crippen LogP contribution in [0.4, 0.5) is 0 Å². The maximum Gasteiger partial charge on any atom is 0.244 e. The molecule has 1 fully saturated rings. The van der Waals surface area contributed by atoms with Crippen molar-refractivity contribution >= 4 is 15.7 Å². The minimum atomic E-state index is -2.99. The molecule has 1 aliphatic rings. The first-order valence-corrected chi connectivity index (χ1v) is 8.79. The molecule has 1 saturated heterocycles. The molecule has 1 N–H and O–H groups in total. The summed E-state index contributed by atoms with van der Waals surface area (Å²) in [5, 5.41) is 11.0. The minimum Gasteiger partial charge on any atom is -0.340 e. The van der Waals surface area contributed by atoms with Crippen molar-refractivity contribution in [3.63, 3.8) is 0 Å². The van der Waals surface area contributed by atoms with E-state index in [9.17, 15) is 13.2 Å². The van der Waals surface area contributed by atoms with Crippen LogP contribution in [-0.2, 0) is 27.7 Å². The van der Waals surface area contributed by atoms with Gasteiger partial charge in [0.25, 0.3) is 0 Å². The van der Waals surface area contributed by atoms with Crippen LogP contribution in [0.25, 0.3) is 0 Å². The molecule has 0 saturated carbocycles. The van der Waals surface area contributed by atoms with Crippen LogP contribution in [-0.4, -0.2) is 65.4 Å². The molecule has 2 rings (SSSR count). The van der Waals surface area contributed by atoms with Gasteiger partial charge in [0.05, 0.1) is 23.4 Å². The molecule has 0 aliphatic carbocycles. The van der Waals surface area contributed by atoms with Crippen LogP contribution in [0.3, 0.4) is 0 Å². The molecule has 1 unspecified atom stereocenters. The molecule has 0 radical (unpaired) electrons. The zero-order valence-corrected chi connectivity index (χ0v) is 13.1. The van der Waals surface area contributed by atoms with E-state index in [4.69, 9.17) is 0 Å². The number of carbonyl (C=O) groups is 1. The Morgan fingerprint density at radius 3 is 2.95 bits per heavy atom. The van der Waals surface area contributed by atoms with Gasteiger partial charge in [0.15, 0.2) is 9.84 Å². The van der Waals surface area contributed by atoms with Gasteiger partial charge in [-0.3, -0.25) is 4.79 Å². The third-order valence-electron chi connectivity index (χ3n) is 3.59. The van der Waals surface area contributed by atoms with Crippen molar-refractivity contribution in [2.45, 2.75) is 32.5 Å². The molecule has 0 bridgehead atoms. The van der Waals surface area contributed by atoms with Crippen molar-refractivity contribution in [2.24, 2.45) is 0 Å². The van der Waals surface area contributed by atoms with E-state index in [2.05, 4.69) is 15.6 Å². The van der Waals surface area contributed by atoms with E-state index in [1.807, 2.05) is 6.92 Å². The Bertz CT molecular complexity index is 598. The average molecular weight is 315 g/mol. The van der Waals surface area contributed by atoms with Gasteiger partial charge in [0.1, 0.15) is 6.54 Å². The van der Waals surface area contributed by atoms with Crippen molar-refractivity contribution < 1.29 is 13.2 Å². The predicted molar refractivity (Wildman–Crippen MR) is 77.2 cm³/mol. The molecule has 0 spiro atoms. The molecule has 21 heavy (non-hydrogen) atoms. The van der Waals surface area contributed by atoms with Gasteiger partial charge in [-0.15, -0.1) is 5.10 Å². The number of nitrogens with one attached hydrogen (secondary N) is 1. The number of nitrogens with zero attached hydrogens (tertiary/aromatic N) is 4. The Morgan fingerprint density at radius 2 is 2.33 bits per heavy atom. The smallest absolute Gasteiger partial charge is 0.244 e. The molecule has 1 aromatic heterocycles. The van der Waals surface area contributed by atoms with Crippen LogP contribution < -0.4 is 5.32 Å². The van der Waals surface area contributed by atoms with Gasteiger partial charge in [-0.2, -0.15) is 0 Å². The van der Waals surface area contributed by atoms with Crippen LogP contribution in [0.15, 0.2) is 6.20 Å². The van der Waals surface area contributed by atoms with Crippen LogP contribution in [0, 0.1) is 0 Å². The number of aromatic nitrogens is 3. The molecule has 2 heterocycles. The highest BCUT2D eigenvalue weighted by molar-refractivity contribution is 7.91. The van der Waals surface area contributed by atoms with Gasteiger partial charge < -0.3 is 10.2 Å². The van der Waals surface area contributed by atoms with Crippen LogP contribution >= 0.6 is 0 Å². The van der Waals surface area contributed by atoms with E-state index in [1.54, 1.807) is 13.2 Å². The number of rotatable bonds is 6. The Balaban J connectivity index is 1.90. The van der Waals surface area contributed by atoms with E-state index >= 15 is 0 Å². The lowest BCUT2D eigenvalue weighted by molar-refractivity contribution is -0.132. The summed E-state index contributed by atoms with van der Waals surface area (Å²) in [6.07, 6.45) is 2.23. The summed E-state index contributed by atoms with van der Waals surface area (Å²) < 4.78 is 24.4. The Labute approximate surface area is 124 Å². The van der Waals surface area contributed by atoms with Crippen molar-refractivity contribution in [2.75, 3.05) is 25.1 Å². The number of likely N-dealkylation sites (N-methyl/N-ethyl adjacent to an activating group) is 1. The summed E-state index contributed by atoms with van der Waals surface area (Å²) in [5.41, 5.74) is 0.774. The lowest BCUT2D eigenvalue weighted by Gasteiger charge is -2.23. The van der Waals surface area contributed by atoms with Crippen molar-refractivity contribution in [1.29, 1.82) is 0 Å².